The van der Waals surface area contributed by atoms with Crippen LogP contribution in [0.2, 0.25) is 0 Å². The summed E-state index contributed by atoms with van der Waals surface area (Å²) in [5.74, 6) is 1.000. The largest absolute Gasteiger partial charge is 0.357 e. The van der Waals surface area contributed by atoms with Crippen LogP contribution < -0.4 is 10.6 Å². The lowest BCUT2D eigenvalue weighted by Crippen LogP contribution is -2.42. The lowest BCUT2D eigenvalue weighted by Gasteiger charge is -2.16. The molecule has 112 valence electrons. The van der Waals surface area contributed by atoms with Crippen molar-refractivity contribution in [1.82, 2.24) is 10.6 Å². The molecule has 0 heterocycles. The number of hydrogen-bond acceptors (Lipinski definition) is 3. The molecule has 0 aliphatic heterocycles. The summed E-state index contributed by atoms with van der Waals surface area (Å²) < 4.78 is 22.7. The van der Waals surface area contributed by atoms with Gasteiger partial charge in [0.2, 0.25) is 0 Å². The van der Waals surface area contributed by atoms with Crippen molar-refractivity contribution >= 4 is 39.8 Å². The molecule has 1 aliphatic carbocycles. The maximum absolute atomic E-state index is 11.4. The lowest BCUT2D eigenvalue weighted by molar-refractivity contribution is 0.596. The second-order valence-corrected chi connectivity index (χ2v) is 6.75. The average Bonchev–Trinajstić information content (AvgIpc) is 2.82. The van der Waals surface area contributed by atoms with Crippen molar-refractivity contribution < 1.29 is 8.42 Å². The molecule has 0 aromatic carbocycles. The van der Waals surface area contributed by atoms with Gasteiger partial charge in [-0.25, -0.2) is 8.42 Å². The number of rotatable bonds is 6. The molecule has 0 saturated heterocycles. The van der Waals surface area contributed by atoms with Crippen molar-refractivity contribution in [2.75, 3.05) is 24.6 Å². The molecule has 0 spiro atoms. The van der Waals surface area contributed by atoms with Crippen molar-refractivity contribution in [3.05, 3.63) is 12.2 Å². The Kier molecular flexibility index (Phi) is 9.42. The molecule has 0 fully saturated rings. The molecule has 1 aliphatic rings. The Morgan fingerprint density at radius 2 is 1.95 bits per heavy atom. The molecule has 0 atom stereocenters. The minimum atomic E-state index is -2.93. The third kappa shape index (κ3) is 7.76. The van der Waals surface area contributed by atoms with Gasteiger partial charge in [0.25, 0.3) is 0 Å². The van der Waals surface area contributed by atoms with E-state index in [0.717, 1.165) is 19.4 Å². The van der Waals surface area contributed by atoms with E-state index in [4.69, 9.17) is 0 Å². The number of nitrogens with one attached hydrogen (secondary N) is 2. The highest BCUT2D eigenvalue weighted by Crippen LogP contribution is 2.08. The SMILES string of the molecule is CCNC(=NCCS(=O)(=O)CC)NC1CC=CC1.I. The fraction of sp³-hybridized carbons (Fsp3) is 0.750. The standard InChI is InChI=1S/C12H23N3O2S.HI/c1-3-13-12(15-11-7-5-6-8-11)14-9-10-18(16,17)4-2;/h5-6,11H,3-4,7-10H2,1-2H3,(H2,13,14,15);1H. The van der Waals surface area contributed by atoms with E-state index in [1.165, 1.54) is 0 Å². The van der Waals surface area contributed by atoms with E-state index < -0.39 is 9.84 Å². The van der Waals surface area contributed by atoms with Crippen molar-refractivity contribution in [2.24, 2.45) is 4.99 Å². The van der Waals surface area contributed by atoms with E-state index in [9.17, 15) is 8.42 Å². The van der Waals surface area contributed by atoms with Gasteiger partial charge in [-0.15, -0.1) is 24.0 Å². The van der Waals surface area contributed by atoms with E-state index in [-0.39, 0.29) is 35.5 Å². The van der Waals surface area contributed by atoms with E-state index >= 15 is 0 Å². The number of aliphatic imine (C=N–C) groups is 1. The van der Waals surface area contributed by atoms with Crippen LogP contribution >= 0.6 is 24.0 Å². The first-order chi connectivity index (χ1) is 8.57. The van der Waals surface area contributed by atoms with Crippen molar-refractivity contribution in [1.29, 1.82) is 0 Å². The van der Waals surface area contributed by atoms with Gasteiger partial charge in [0.15, 0.2) is 15.8 Å². The minimum Gasteiger partial charge on any atom is -0.357 e. The van der Waals surface area contributed by atoms with Crippen molar-refractivity contribution in [3.8, 4) is 0 Å². The van der Waals surface area contributed by atoms with Crippen LogP contribution in [0.4, 0.5) is 0 Å². The van der Waals surface area contributed by atoms with Crippen LogP contribution in [0.5, 0.6) is 0 Å². The van der Waals surface area contributed by atoms with Crippen LogP contribution in [0.3, 0.4) is 0 Å². The summed E-state index contributed by atoms with van der Waals surface area (Å²) in [6.07, 6.45) is 6.28. The number of nitrogens with zero attached hydrogens (tertiary/aromatic N) is 1. The summed E-state index contributed by atoms with van der Waals surface area (Å²) in [6, 6.07) is 0.380. The van der Waals surface area contributed by atoms with Gasteiger partial charge in [0.1, 0.15) is 0 Å². The first kappa shape index (κ1) is 18.7. The summed E-state index contributed by atoms with van der Waals surface area (Å²) in [5, 5.41) is 6.43. The Bertz CT molecular complexity index is 399. The Balaban J connectivity index is 0.00000324. The van der Waals surface area contributed by atoms with Gasteiger partial charge in [0.05, 0.1) is 12.3 Å². The van der Waals surface area contributed by atoms with E-state index in [0.29, 0.717) is 18.5 Å². The van der Waals surface area contributed by atoms with E-state index in [2.05, 4.69) is 27.8 Å². The van der Waals surface area contributed by atoms with Crippen LogP contribution in [0.25, 0.3) is 0 Å². The van der Waals surface area contributed by atoms with Gasteiger partial charge >= 0.3 is 0 Å². The molecule has 0 radical (unpaired) electrons. The molecule has 7 heteroatoms. The molecule has 0 bridgehead atoms. The average molecular weight is 401 g/mol. The maximum atomic E-state index is 11.4. The summed E-state index contributed by atoms with van der Waals surface area (Å²) in [6.45, 7) is 4.73. The summed E-state index contributed by atoms with van der Waals surface area (Å²) in [4.78, 5) is 4.30. The van der Waals surface area contributed by atoms with Crippen LogP contribution in [-0.2, 0) is 9.84 Å². The Morgan fingerprint density at radius 3 is 2.47 bits per heavy atom. The second kappa shape index (κ2) is 9.57. The predicted octanol–water partition coefficient (Wildman–Crippen LogP) is 1.31. The molecule has 0 saturated carbocycles. The van der Waals surface area contributed by atoms with E-state index in [1.807, 2.05) is 6.92 Å². The Labute approximate surface area is 133 Å². The predicted molar refractivity (Wildman–Crippen MR) is 91.0 cm³/mol. The summed E-state index contributed by atoms with van der Waals surface area (Å²) in [5.41, 5.74) is 0. The second-order valence-electron chi connectivity index (χ2n) is 4.28. The summed E-state index contributed by atoms with van der Waals surface area (Å²) in [7, 11) is -2.93. The molecule has 5 nitrogen and oxygen atoms in total. The van der Waals surface area contributed by atoms with Crippen molar-refractivity contribution in [2.45, 2.75) is 32.7 Å². The molecular formula is C12H24IN3O2S. The van der Waals surface area contributed by atoms with Gasteiger partial charge in [-0.1, -0.05) is 19.1 Å². The lowest BCUT2D eigenvalue weighted by atomic mass is 10.2. The highest BCUT2D eigenvalue weighted by Gasteiger charge is 2.12. The smallest absolute Gasteiger partial charge is 0.191 e. The van der Waals surface area contributed by atoms with Crippen LogP contribution in [0.1, 0.15) is 26.7 Å². The maximum Gasteiger partial charge on any atom is 0.191 e. The zero-order chi connectivity index (χ0) is 13.4. The normalized spacial score (nSPS) is 16.2. The third-order valence-corrected chi connectivity index (χ3v) is 4.49. The van der Waals surface area contributed by atoms with Crippen LogP contribution in [0, 0.1) is 0 Å². The topological polar surface area (TPSA) is 70.6 Å². The van der Waals surface area contributed by atoms with Crippen molar-refractivity contribution in [3.63, 3.8) is 0 Å². The Hall–Kier alpha value is -0.310. The van der Waals surface area contributed by atoms with Gasteiger partial charge in [-0.2, -0.15) is 0 Å². The number of sulfone groups is 1. The van der Waals surface area contributed by atoms with Gasteiger partial charge < -0.3 is 10.6 Å². The molecule has 1 rings (SSSR count). The van der Waals surface area contributed by atoms with Gasteiger partial charge in [-0.05, 0) is 19.8 Å². The fourth-order valence-corrected chi connectivity index (χ4v) is 2.35. The van der Waals surface area contributed by atoms with Crippen LogP contribution in [-0.4, -0.2) is 45.0 Å². The third-order valence-electron chi connectivity index (χ3n) is 2.80. The molecule has 0 amide bonds. The summed E-state index contributed by atoms with van der Waals surface area (Å²) >= 11 is 0. The fourth-order valence-electron chi connectivity index (χ4n) is 1.69. The van der Waals surface area contributed by atoms with E-state index in [1.54, 1.807) is 6.92 Å². The van der Waals surface area contributed by atoms with Gasteiger partial charge in [-0.3, -0.25) is 4.99 Å². The number of hydrogen-bond donors (Lipinski definition) is 2. The first-order valence-electron chi connectivity index (χ1n) is 6.47. The molecule has 19 heavy (non-hydrogen) atoms. The zero-order valence-corrected chi connectivity index (χ0v) is 14.7. The first-order valence-corrected chi connectivity index (χ1v) is 8.29. The Morgan fingerprint density at radius 1 is 1.32 bits per heavy atom. The molecule has 0 aromatic rings. The van der Waals surface area contributed by atoms with Gasteiger partial charge in [0, 0.05) is 18.3 Å². The molecule has 0 aromatic heterocycles. The zero-order valence-electron chi connectivity index (χ0n) is 11.6. The minimum absolute atomic E-state index is 0. The highest BCUT2D eigenvalue weighted by molar-refractivity contribution is 14.0. The molecular weight excluding hydrogens is 377 g/mol. The quantitative estimate of drug-likeness (QED) is 0.305. The number of guanidine groups is 1. The molecule has 2 N–H and O–H groups in total. The van der Waals surface area contributed by atoms with Crippen LogP contribution in [0.15, 0.2) is 17.1 Å². The molecule has 0 unspecified atom stereocenters. The monoisotopic (exact) mass is 401 g/mol. The highest BCUT2D eigenvalue weighted by atomic mass is 127. The number of halogens is 1.